The van der Waals surface area contributed by atoms with Crippen molar-refractivity contribution in [3.8, 4) is 22.6 Å². The summed E-state index contributed by atoms with van der Waals surface area (Å²) in [5, 5.41) is 0. The van der Waals surface area contributed by atoms with Crippen LogP contribution in [0.4, 0.5) is 0 Å². The smallest absolute Gasteiger partial charge is 0.104 e. The summed E-state index contributed by atoms with van der Waals surface area (Å²) < 4.78 is 2.94. The summed E-state index contributed by atoms with van der Waals surface area (Å²) in [6, 6.07) is 11.8. The number of aryl methyl sites for hydroxylation is 1. The number of allylic oxidation sites excluding steroid dienone is 1. The average molecular weight is 634 g/mol. The number of halogens is 1. The summed E-state index contributed by atoms with van der Waals surface area (Å²) in [6.45, 7) is 6.33. The lowest BCUT2D eigenvalue weighted by Crippen LogP contribution is -2.24. The first-order valence-electron chi connectivity index (χ1n) is 12.8. The van der Waals surface area contributed by atoms with Crippen molar-refractivity contribution in [1.29, 1.82) is 0 Å². The SMILES string of the molecule is C=C(/N=C1\C(=N/C)c2cccnc2-c2ncccc21)/I=C\c1nc2c(nc1C)C1C=CC=NC1c1ncccc1-2. The van der Waals surface area contributed by atoms with Gasteiger partial charge in [0, 0.05) is 58.5 Å². The van der Waals surface area contributed by atoms with Gasteiger partial charge in [-0.2, -0.15) is 0 Å². The van der Waals surface area contributed by atoms with Gasteiger partial charge in [-0.3, -0.25) is 29.9 Å². The summed E-state index contributed by atoms with van der Waals surface area (Å²) in [5.74, 6) is 0.0304. The van der Waals surface area contributed by atoms with E-state index in [9.17, 15) is 0 Å². The minimum absolute atomic E-state index is 0.0304. The van der Waals surface area contributed by atoms with Crippen molar-refractivity contribution >= 4 is 42.4 Å². The van der Waals surface area contributed by atoms with Gasteiger partial charge in [-0.1, -0.05) is 33.4 Å². The largest absolute Gasteiger partial charge is 0.286 e. The van der Waals surface area contributed by atoms with E-state index in [1.165, 1.54) is 0 Å². The van der Waals surface area contributed by atoms with Crippen molar-refractivity contribution < 1.29 is 0 Å². The van der Waals surface area contributed by atoms with Crippen molar-refractivity contribution in [2.75, 3.05) is 7.05 Å². The molecule has 0 saturated heterocycles. The maximum Gasteiger partial charge on any atom is 0.104 e. The van der Waals surface area contributed by atoms with Crippen LogP contribution in [0, 0.1) is 6.92 Å². The third-order valence-electron chi connectivity index (χ3n) is 7.13. The van der Waals surface area contributed by atoms with Gasteiger partial charge in [0.05, 0.1) is 55.0 Å². The quantitative estimate of drug-likeness (QED) is 0.216. The molecule has 0 amide bonds. The first kappa shape index (κ1) is 24.6. The molecule has 0 radical (unpaired) electrons. The summed E-state index contributed by atoms with van der Waals surface area (Å²) in [7, 11) is 1.78. The van der Waals surface area contributed by atoms with E-state index in [-0.39, 0.29) is 12.0 Å². The molecule has 2 atom stereocenters. The second-order valence-corrected chi connectivity index (χ2v) is 11.9. The molecule has 4 aromatic heterocycles. The highest BCUT2D eigenvalue weighted by molar-refractivity contribution is 14.2. The van der Waals surface area contributed by atoms with E-state index in [2.05, 4.69) is 42.7 Å². The Bertz CT molecular complexity index is 1870. The molecule has 1 aliphatic heterocycles. The Hall–Kier alpha value is -4.38. The second-order valence-electron chi connectivity index (χ2n) is 9.44. The number of dihydropyridines is 1. The third-order valence-corrected chi connectivity index (χ3v) is 8.99. The van der Waals surface area contributed by atoms with Crippen LogP contribution < -0.4 is 0 Å². The highest BCUT2D eigenvalue weighted by Crippen LogP contribution is 2.46. The van der Waals surface area contributed by atoms with Crippen molar-refractivity contribution in [1.82, 2.24) is 24.9 Å². The second kappa shape index (κ2) is 9.98. The monoisotopic (exact) mass is 634 g/mol. The molecule has 0 N–H and O–H groups in total. The van der Waals surface area contributed by atoms with Crippen LogP contribution >= 0.6 is 20.7 Å². The topological polar surface area (TPSA) is 102 Å². The van der Waals surface area contributed by atoms with Crippen molar-refractivity contribution in [2.24, 2.45) is 15.0 Å². The highest BCUT2D eigenvalue weighted by atomic mass is 127. The Morgan fingerprint density at radius 2 is 1.57 bits per heavy atom. The number of aromatic nitrogens is 5. The highest BCUT2D eigenvalue weighted by Gasteiger charge is 2.36. The number of aliphatic imine (C=N–C) groups is 3. The molecule has 2 aliphatic carbocycles. The molecule has 8 nitrogen and oxygen atoms in total. The minimum Gasteiger partial charge on any atom is -0.286 e. The van der Waals surface area contributed by atoms with Crippen LogP contribution in [-0.2, 0) is 0 Å². The molecule has 0 saturated carbocycles. The zero-order chi connectivity index (χ0) is 27.2. The molecule has 7 rings (SSSR count). The van der Waals surface area contributed by atoms with Crippen LogP contribution in [0.2, 0.25) is 0 Å². The molecule has 0 aromatic carbocycles. The summed E-state index contributed by atoms with van der Waals surface area (Å²) in [6.07, 6.45) is 11.3. The first-order chi connectivity index (χ1) is 19.6. The number of hydrogen-bond donors (Lipinski definition) is 0. The molecule has 5 heterocycles. The van der Waals surface area contributed by atoms with Gasteiger partial charge in [0.15, 0.2) is 0 Å². The van der Waals surface area contributed by atoms with E-state index in [1.807, 2.05) is 55.7 Å². The van der Waals surface area contributed by atoms with E-state index in [0.29, 0.717) is 0 Å². The van der Waals surface area contributed by atoms with Gasteiger partial charge in [0.25, 0.3) is 0 Å². The number of nitrogens with zero attached hydrogens (tertiary/aromatic N) is 8. The Balaban J connectivity index is 1.27. The standard InChI is InChI=1S/C31H23IN8/c1-17-23(40-31-22-11-7-15-37-28(22)27-21(30(31)38-17)10-6-14-36-27)16-32-18(2)39-29-20-9-5-13-35-26(20)25-19(24(29)33-3)8-4-12-34-25/h4-16,21,27H,2H2,1,3H3/b33-24-,39-29-. The normalized spacial score (nSPS) is 20.4. The number of rotatable bonds is 3. The maximum atomic E-state index is 5.11. The molecule has 2 unspecified atom stereocenters. The van der Waals surface area contributed by atoms with E-state index in [0.717, 1.165) is 71.7 Å². The van der Waals surface area contributed by atoms with Crippen LogP contribution in [0.1, 0.15) is 45.9 Å². The van der Waals surface area contributed by atoms with Gasteiger partial charge in [0.2, 0.25) is 0 Å². The first-order valence-corrected chi connectivity index (χ1v) is 15.1. The Kier molecular flexibility index (Phi) is 6.15. The van der Waals surface area contributed by atoms with Crippen LogP contribution in [0.25, 0.3) is 22.6 Å². The summed E-state index contributed by atoms with van der Waals surface area (Å²) in [4.78, 5) is 38.3. The van der Waals surface area contributed by atoms with Gasteiger partial charge < -0.3 is 0 Å². The fraction of sp³-hybridized carbons (Fsp3) is 0.129. The van der Waals surface area contributed by atoms with Gasteiger partial charge in [-0.05, 0) is 49.4 Å². The lowest BCUT2D eigenvalue weighted by molar-refractivity contribution is 0.600. The van der Waals surface area contributed by atoms with Gasteiger partial charge in [-0.15, -0.1) is 0 Å². The van der Waals surface area contributed by atoms with Gasteiger partial charge >= 0.3 is 0 Å². The summed E-state index contributed by atoms with van der Waals surface area (Å²) >= 11 is -0.696. The Morgan fingerprint density at radius 3 is 2.33 bits per heavy atom. The molecule has 0 fully saturated rings. The number of pyridine rings is 3. The fourth-order valence-corrected chi connectivity index (χ4v) is 6.98. The van der Waals surface area contributed by atoms with Gasteiger partial charge in [0.1, 0.15) is 6.04 Å². The van der Waals surface area contributed by atoms with Crippen LogP contribution in [0.3, 0.4) is 0 Å². The predicted octanol–water partition coefficient (Wildman–Crippen LogP) is 5.60. The molecule has 40 heavy (non-hydrogen) atoms. The summed E-state index contributed by atoms with van der Waals surface area (Å²) in [5.41, 5.74) is 10.5. The van der Waals surface area contributed by atoms with Crippen LogP contribution in [0.15, 0.2) is 92.4 Å². The minimum atomic E-state index is -0.696. The van der Waals surface area contributed by atoms with E-state index in [1.54, 1.807) is 19.4 Å². The molecule has 0 spiro atoms. The zero-order valence-electron chi connectivity index (χ0n) is 21.8. The fourth-order valence-electron chi connectivity index (χ4n) is 5.35. The average Bonchev–Trinajstić information content (AvgIpc) is 3.00. The number of fused-ring (bicyclic) bond motifs is 9. The third kappa shape index (κ3) is 4.00. The zero-order valence-corrected chi connectivity index (χ0v) is 24.0. The van der Waals surface area contributed by atoms with Crippen molar-refractivity contribution in [3.05, 3.63) is 111 Å². The Labute approximate surface area is 241 Å². The lowest BCUT2D eigenvalue weighted by Gasteiger charge is -2.30. The molecule has 9 heteroatoms. The molecule has 194 valence electrons. The predicted molar refractivity (Wildman–Crippen MR) is 168 cm³/mol. The molecule has 3 aliphatic rings. The van der Waals surface area contributed by atoms with Crippen LogP contribution in [-0.4, -0.2) is 53.6 Å². The number of hydrogen-bond acceptors (Lipinski definition) is 8. The maximum absolute atomic E-state index is 5.11. The van der Waals surface area contributed by atoms with E-state index in [4.69, 9.17) is 20.0 Å². The van der Waals surface area contributed by atoms with Crippen LogP contribution in [0.5, 0.6) is 0 Å². The molecular formula is C31H23IN8. The van der Waals surface area contributed by atoms with Crippen molar-refractivity contribution in [3.63, 3.8) is 0 Å². The van der Waals surface area contributed by atoms with Crippen molar-refractivity contribution in [2.45, 2.75) is 18.9 Å². The molecular weight excluding hydrogens is 611 g/mol. The lowest BCUT2D eigenvalue weighted by atomic mass is 9.81. The Morgan fingerprint density at radius 1 is 0.875 bits per heavy atom. The molecule has 0 bridgehead atoms. The van der Waals surface area contributed by atoms with Gasteiger partial charge in [-0.25, -0.2) is 9.98 Å². The van der Waals surface area contributed by atoms with E-state index >= 15 is 0 Å². The van der Waals surface area contributed by atoms with E-state index < -0.39 is 20.7 Å². The molecule has 4 aromatic rings.